The van der Waals surface area contributed by atoms with E-state index in [2.05, 4.69) is 35.4 Å². The van der Waals surface area contributed by atoms with Crippen molar-refractivity contribution in [1.29, 1.82) is 0 Å². The number of esters is 1. The van der Waals surface area contributed by atoms with Gasteiger partial charge in [0.1, 0.15) is 40.9 Å². The Hall–Kier alpha value is -5.37. The predicted octanol–water partition coefficient (Wildman–Crippen LogP) is 4.48. The second-order valence-corrected chi connectivity index (χ2v) is 20.5. The van der Waals surface area contributed by atoms with Crippen LogP contribution in [0.15, 0.2) is 28.7 Å². The predicted molar refractivity (Wildman–Crippen MR) is 225 cm³/mol. The van der Waals surface area contributed by atoms with Crippen molar-refractivity contribution < 1.29 is 65.0 Å². The van der Waals surface area contributed by atoms with Crippen molar-refractivity contribution in [3.63, 3.8) is 0 Å². The zero-order chi connectivity index (χ0) is 46.2. The number of carbonyl (C=O) groups is 5. The summed E-state index contributed by atoms with van der Waals surface area (Å²) in [5.41, 5.74) is -4.00. The van der Waals surface area contributed by atoms with E-state index in [-0.39, 0.29) is 23.0 Å². The zero-order valence-corrected chi connectivity index (χ0v) is 38.3. The van der Waals surface area contributed by atoms with Crippen molar-refractivity contribution in [2.75, 3.05) is 30.3 Å². The molecule has 0 radical (unpaired) electrons. The van der Waals surface area contributed by atoms with Crippen LogP contribution < -0.4 is 20.7 Å². The van der Waals surface area contributed by atoms with Gasteiger partial charge in [-0.05, 0) is 94.4 Å². The first-order valence-corrected chi connectivity index (χ1v) is 22.0. The van der Waals surface area contributed by atoms with Gasteiger partial charge < -0.3 is 39.3 Å². The molecule has 340 valence electrons. The van der Waals surface area contributed by atoms with Crippen LogP contribution in [-0.4, -0.2) is 129 Å². The standard InChI is InChI=1S/C37H50N8O14S3/c1-34(2,3)55-29(48)23(17-54-20-12-13-21-24(14-20)61-31(39-21)38-19-15-44(16-19)33(50)57-36(7,8)9)58-43-25(22-18-60-30(40-22)42-32(49)56-35(4,5)6)27(46)41-26-28(47)45(37(26,10)11)59-62(51,52)53/h12-14,18-19,23,26H,15-17H2,1-11H3,(H,38,39)(H,41,46)(H,40,42,49)(H,51,52,53)/b43-25-/t23?,26-/m1/s1. The Morgan fingerprint density at radius 1 is 0.968 bits per heavy atom. The number of aromatic nitrogens is 2. The number of carbonyl (C=O) groups excluding carboxylic acids is 5. The van der Waals surface area contributed by atoms with Crippen LogP contribution in [0.3, 0.4) is 0 Å². The van der Waals surface area contributed by atoms with Gasteiger partial charge in [0.25, 0.3) is 17.9 Å². The maximum absolute atomic E-state index is 13.9. The first-order chi connectivity index (χ1) is 28.5. The lowest BCUT2D eigenvalue weighted by Gasteiger charge is -2.50. The lowest BCUT2D eigenvalue weighted by atomic mass is 9.84. The van der Waals surface area contributed by atoms with E-state index in [0.717, 1.165) is 16.0 Å². The Labute approximate surface area is 365 Å². The fraction of sp³-hybridized carbons (Fsp3) is 0.568. The van der Waals surface area contributed by atoms with E-state index in [1.54, 1.807) is 85.4 Å². The molecule has 3 aromatic rings. The highest BCUT2D eigenvalue weighted by Gasteiger charge is 2.58. The minimum Gasteiger partial charge on any atom is -0.489 e. The van der Waals surface area contributed by atoms with Crippen molar-refractivity contribution in [2.24, 2.45) is 5.16 Å². The van der Waals surface area contributed by atoms with Crippen LogP contribution >= 0.6 is 22.7 Å². The number of hydrogen-bond acceptors (Lipinski definition) is 19. The molecule has 4 heterocycles. The van der Waals surface area contributed by atoms with E-state index in [4.69, 9.17) is 28.3 Å². The minimum absolute atomic E-state index is 0.0122. The molecule has 4 amide bonds. The van der Waals surface area contributed by atoms with Gasteiger partial charge in [0.2, 0.25) is 0 Å². The molecular weight excluding hydrogens is 877 g/mol. The normalized spacial score (nSPS) is 17.6. The Morgan fingerprint density at radius 2 is 1.61 bits per heavy atom. The number of fused-ring (bicyclic) bond motifs is 1. The number of hydrogen-bond donors (Lipinski definition) is 4. The van der Waals surface area contributed by atoms with Gasteiger partial charge in [-0.1, -0.05) is 16.5 Å². The highest BCUT2D eigenvalue weighted by Crippen LogP contribution is 2.34. The van der Waals surface area contributed by atoms with Crippen molar-refractivity contribution in [2.45, 2.75) is 117 Å². The Balaban J connectivity index is 1.34. The summed E-state index contributed by atoms with van der Waals surface area (Å²) in [6, 6.07) is 3.64. The van der Waals surface area contributed by atoms with Crippen LogP contribution in [-0.2, 0) is 48.1 Å². The summed E-state index contributed by atoms with van der Waals surface area (Å²) < 4.78 is 59.2. The highest BCUT2D eigenvalue weighted by molar-refractivity contribution is 7.80. The van der Waals surface area contributed by atoms with Crippen molar-refractivity contribution >= 4 is 89.2 Å². The molecule has 0 aliphatic carbocycles. The third kappa shape index (κ3) is 12.8. The molecule has 2 fully saturated rings. The highest BCUT2D eigenvalue weighted by atomic mass is 32.3. The van der Waals surface area contributed by atoms with Gasteiger partial charge in [0, 0.05) is 18.5 Å². The monoisotopic (exact) mass is 926 g/mol. The van der Waals surface area contributed by atoms with Crippen molar-refractivity contribution in [3.8, 4) is 5.75 Å². The van der Waals surface area contributed by atoms with Gasteiger partial charge in [-0.3, -0.25) is 19.5 Å². The van der Waals surface area contributed by atoms with Gasteiger partial charge in [-0.15, -0.1) is 15.6 Å². The summed E-state index contributed by atoms with van der Waals surface area (Å²) in [7, 11) is -5.09. The molecule has 2 atom stereocenters. The van der Waals surface area contributed by atoms with E-state index in [0.29, 0.717) is 34.6 Å². The van der Waals surface area contributed by atoms with Crippen LogP contribution in [0.5, 0.6) is 5.75 Å². The fourth-order valence-corrected chi connectivity index (χ4v) is 7.63. The van der Waals surface area contributed by atoms with Crippen molar-refractivity contribution in [3.05, 3.63) is 29.3 Å². The van der Waals surface area contributed by atoms with Gasteiger partial charge in [-0.2, -0.15) is 13.5 Å². The summed E-state index contributed by atoms with van der Waals surface area (Å²) in [5.74, 6) is -2.68. The average molecular weight is 927 g/mol. The largest absolute Gasteiger partial charge is 0.489 e. The summed E-state index contributed by atoms with van der Waals surface area (Å²) in [6.45, 7) is 18.4. The number of amides is 4. The second-order valence-electron chi connectivity index (χ2n) is 17.6. The van der Waals surface area contributed by atoms with Crippen LogP contribution in [0.2, 0.25) is 0 Å². The molecule has 0 saturated carbocycles. The number of ether oxygens (including phenoxy) is 4. The average Bonchev–Trinajstić information content (AvgIpc) is 3.72. The number of likely N-dealkylation sites (tertiary alicyclic amines) is 1. The number of benzene rings is 1. The van der Waals surface area contributed by atoms with Crippen LogP contribution in [0, 0.1) is 0 Å². The fourth-order valence-electron chi connectivity index (χ4n) is 5.53. The molecular formula is C37H50N8O14S3. The number of nitrogens with zero attached hydrogens (tertiary/aromatic N) is 5. The maximum Gasteiger partial charge on any atom is 0.418 e. The first kappa shape index (κ1) is 47.7. The molecule has 1 unspecified atom stereocenters. The summed E-state index contributed by atoms with van der Waals surface area (Å²) >= 11 is 2.24. The number of hydroxylamine groups is 2. The zero-order valence-electron chi connectivity index (χ0n) is 35.9. The van der Waals surface area contributed by atoms with Gasteiger partial charge in [0.15, 0.2) is 16.0 Å². The number of rotatable bonds is 14. The topological polar surface area (TPSA) is 276 Å². The number of anilines is 2. The molecule has 5 rings (SSSR count). The molecule has 4 N–H and O–H groups in total. The molecule has 0 spiro atoms. The Kier molecular flexibility index (Phi) is 13.7. The summed E-state index contributed by atoms with van der Waals surface area (Å²) in [4.78, 5) is 81.1. The van der Waals surface area contributed by atoms with E-state index in [1.807, 2.05) is 0 Å². The molecule has 62 heavy (non-hydrogen) atoms. The number of nitrogens with one attached hydrogen (secondary N) is 3. The van der Waals surface area contributed by atoms with E-state index < -0.39 is 81.1 Å². The molecule has 1 aromatic carbocycles. The third-order valence-electron chi connectivity index (χ3n) is 8.25. The molecule has 22 nitrogen and oxygen atoms in total. The number of oxime groups is 1. The Bertz CT molecular complexity index is 2340. The number of thiazole rings is 2. The lowest BCUT2D eigenvalue weighted by molar-refractivity contribution is -0.218. The summed E-state index contributed by atoms with van der Waals surface area (Å²) in [5, 5.41) is 14.5. The van der Waals surface area contributed by atoms with Gasteiger partial charge in [0.05, 0.1) is 21.8 Å². The van der Waals surface area contributed by atoms with E-state index in [9.17, 15) is 32.4 Å². The third-order valence-corrected chi connectivity index (χ3v) is 10.3. The van der Waals surface area contributed by atoms with Crippen molar-refractivity contribution in [1.82, 2.24) is 25.2 Å². The smallest absolute Gasteiger partial charge is 0.418 e. The molecule has 0 bridgehead atoms. The SMILES string of the molecule is CC(C)(C)OC(=O)Nc1nc(/C(=N/OC(COc2ccc3nc(NC4CN(C(=O)OC(C)(C)C)C4)sc3c2)C(=O)OC(C)(C)C)C(=O)N[C@@H]2C(=O)N(OS(=O)(=O)O)C2(C)C)cs1. The quantitative estimate of drug-likeness (QED) is 0.0433. The second kappa shape index (κ2) is 17.8. The lowest BCUT2D eigenvalue weighted by Crippen LogP contribution is -2.76. The Morgan fingerprint density at radius 3 is 2.21 bits per heavy atom. The maximum atomic E-state index is 13.9. The molecule has 2 aliphatic heterocycles. The molecule has 2 aliphatic rings. The van der Waals surface area contributed by atoms with Crippen LogP contribution in [0.1, 0.15) is 81.9 Å². The van der Waals surface area contributed by atoms with Gasteiger partial charge in [-0.25, -0.2) is 24.4 Å². The van der Waals surface area contributed by atoms with E-state index >= 15 is 0 Å². The molecule has 2 aromatic heterocycles. The molecule has 25 heteroatoms. The van der Waals surface area contributed by atoms with Crippen LogP contribution in [0.4, 0.5) is 19.9 Å². The van der Waals surface area contributed by atoms with Gasteiger partial charge >= 0.3 is 28.6 Å². The van der Waals surface area contributed by atoms with Crippen LogP contribution in [0.25, 0.3) is 10.2 Å². The minimum atomic E-state index is -5.09. The molecule has 2 saturated heterocycles. The summed E-state index contributed by atoms with van der Waals surface area (Å²) in [6.07, 6.45) is -2.81. The number of β-lactam (4-membered cyclic amide) rings is 1. The van der Waals surface area contributed by atoms with E-state index in [1.165, 1.54) is 30.6 Å². The first-order valence-electron chi connectivity index (χ1n) is 19.0.